The van der Waals surface area contributed by atoms with E-state index in [-0.39, 0.29) is 18.3 Å². The van der Waals surface area contributed by atoms with Gasteiger partial charge in [0.2, 0.25) is 5.91 Å². The zero-order valence-electron chi connectivity index (χ0n) is 16.2. The molecule has 1 amide bonds. The molecule has 25 heavy (non-hydrogen) atoms. The van der Waals surface area contributed by atoms with Crippen LogP contribution in [-0.4, -0.2) is 42.2 Å². The molecule has 5 heteroatoms. The summed E-state index contributed by atoms with van der Waals surface area (Å²) in [4.78, 5) is 14.7. The lowest BCUT2D eigenvalue weighted by Crippen LogP contribution is -2.41. The molecule has 0 radical (unpaired) electrons. The molecule has 2 aliphatic heterocycles. The Morgan fingerprint density at radius 1 is 1.20 bits per heavy atom. The molecule has 3 fully saturated rings. The van der Waals surface area contributed by atoms with E-state index in [0.29, 0.717) is 18.4 Å². The average molecular weight is 345 g/mol. The third-order valence-corrected chi connectivity index (χ3v) is 7.47. The van der Waals surface area contributed by atoms with Gasteiger partial charge in [-0.25, -0.2) is 0 Å². The monoisotopic (exact) mass is 345 g/mol. The second kappa shape index (κ2) is 6.12. The summed E-state index contributed by atoms with van der Waals surface area (Å²) in [7, 11) is -0.257. The molecule has 0 aromatic rings. The molecule has 0 aromatic carbocycles. The Morgan fingerprint density at radius 2 is 1.92 bits per heavy atom. The summed E-state index contributed by atoms with van der Waals surface area (Å²) in [5.41, 5.74) is 0.600. The molecule has 4 nitrogen and oxygen atoms in total. The van der Waals surface area contributed by atoms with Crippen LogP contribution in [0.2, 0.25) is 0 Å². The van der Waals surface area contributed by atoms with Crippen molar-refractivity contribution in [3.05, 3.63) is 11.5 Å². The molecule has 0 N–H and O–H groups in total. The van der Waals surface area contributed by atoms with Crippen molar-refractivity contribution in [3.8, 4) is 0 Å². The van der Waals surface area contributed by atoms with Gasteiger partial charge in [-0.3, -0.25) is 4.79 Å². The maximum Gasteiger partial charge on any atom is 0.490 e. The van der Waals surface area contributed by atoms with E-state index in [4.69, 9.17) is 9.31 Å². The highest BCUT2D eigenvalue weighted by Gasteiger charge is 2.52. The van der Waals surface area contributed by atoms with E-state index in [0.717, 1.165) is 31.2 Å². The second-order valence-electron chi connectivity index (χ2n) is 9.60. The molecule has 4 rings (SSSR count). The quantitative estimate of drug-likeness (QED) is 0.734. The third kappa shape index (κ3) is 3.19. The number of carbonyl (C=O) groups is 1. The van der Waals surface area contributed by atoms with E-state index in [9.17, 15) is 4.79 Å². The summed E-state index contributed by atoms with van der Waals surface area (Å²) >= 11 is 0. The van der Waals surface area contributed by atoms with Crippen LogP contribution in [0.15, 0.2) is 11.5 Å². The van der Waals surface area contributed by atoms with Crippen molar-refractivity contribution in [2.75, 3.05) is 13.1 Å². The fourth-order valence-electron chi connectivity index (χ4n) is 5.10. The summed E-state index contributed by atoms with van der Waals surface area (Å²) in [6.07, 6.45) is 9.21. The van der Waals surface area contributed by atoms with Gasteiger partial charge in [-0.05, 0) is 76.6 Å². The molecule has 3 atom stereocenters. The number of carbonyl (C=O) groups excluding carboxylic acids is 1. The van der Waals surface area contributed by atoms with E-state index in [1.54, 1.807) is 0 Å². The van der Waals surface area contributed by atoms with Gasteiger partial charge in [0.05, 0.1) is 11.2 Å². The van der Waals surface area contributed by atoms with E-state index < -0.39 is 0 Å². The highest BCUT2D eigenvalue weighted by Crippen LogP contribution is 2.49. The number of amides is 1. The molecule has 2 aliphatic carbocycles. The Balaban J connectivity index is 1.32. The molecule has 0 spiro atoms. The largest absolute Gasteiger partial charge is 0.490 e. The van der Waals surface area contributed by atoms with E-state index in [2.05, 4.69) is 33.8 Å². The summed E-state index contributed by atoms with van der Waals surface area (Å²) in [5.74, 6) is 2.75. The zero-order valence-corrected chi connectivity index (χ0v) is 16.2. The van der Waals surface area contributed by atoms with Crippen molar-refractivity contribution < 1.29 is 14.1 Å². The topological polar surface area (TPSA) is 38.8 Å². The molecule has 138 valence electrons. The molecular formula is C20H32BNO3. The first-order valence-corrected chi connectivity index (χ1v) is 10.1. The standard InChI is InChI=1S/C20H32BNO3/c1-19(2)20(3,4)25-21(24-19)17-7-9-22(10-8-17)18(23)13-16-12-14-5-6-15(16)11-14/h7,14-16H,5-6,8-13H2,1-4H3. The van der Waals surface area contributed by atoms with Gasteiger partial charge < -0.3 is 14.2 Å². The van der Waals surface area contributed by atoms with Crippen LogP contribution in [0, 0.1) is 17.8 Å². The predicted octanol–water partition coefficient (Wildman–Crippen LogP) is 3.60. The molecule has 2 saturated carbocycles. The molecule has 0 aromatic heterocycles. The van der Waals surface area contributed by atoms with Crippen molar-refractivity contribution in [2.45, 2.75) is 77.4 Å². The Hall–Kier alpha value is -0.805. The minimum absolute atomic E-state index is 0.257. The SMILES string of the molecule is CC1(C)OB(C2=CCN(C(=O)CC3CC4CCC3C4)CC2)OC1(C)C. The number of hydrogen-bond donors (Lipinski definition) is 0. The van der Waals surface area contributed by atoms with Gasteiger partial charge >= 0.3 is 7.12 Å². The van der Waals surface area contributed by atoms with Crippen LogP contribution < -0.4 is 0 Å². The summed E-state index contributed by atoms with van der Waals surface area (Å²) in [6, 6.07) is 0. The normalized spacial score (nSPS) is 36.0. The molecule has 2 heterocycles. The Bertz CT molecular complexity index is 569. The average Bonchev–Trinajstić information content (AvgIpc) is 3.21. The third-order valence-electron chi connectivity index (χ3n) is 7.47. The van der Waals surface area contributed by atoms with Gasteiger partial charge in [0.1, 0.15) is 0 Å². The fourth-order valence-corrected chi connectivity index (χ4v) is 5.10. The number of nitrogens with zero attached hydrogens (tertiary/aromatic N) is 1. The van der Waals surface area contributed by atoms with Gasteiger partial charge in [0.25, 0.3) is 0 Å². The first-order valence-electron chi connectivity index (χ1n) is 10.1. The molecular weight excluding hydrogens is 313 g/mol. The van der Waals surface area contributed by atoms with Crippen LogP contribution in [0.1, 0.15) is 66.2 Å². The van der Waals surface area contributed by atoms with Gasteiger partial charge in [-0.1, -0.05) is 12.5 Å². The fraction of sp³-hybridized carbons (Fsp3) is 0.850. The van der Waals surface area contributed by atoms with Crippen LogP contribution in [0.4, 0.5) is 0 Å². The van der Waals surface area contributed by atoms with Gasteiger partial charge in [0, 0.05) is 19.5 Å². The van der Waals surface area contributed by atoms with Gasteiger partial charge in [-0.15, -0.1) is 0 Å². The Kier molecular flexibility index (Phi) is 4.31. The number of rotatable bonds is 3. The first-order chi connectivity index (χ1) is 11.7. The molecule has 2 bridgehead atoms. The van der Waals surface area contributed by atoms with Crippen LogP contribution in [0.3, 0.4) is 0 Å². The zero-order chi connectivity index (χ0) is 17.8. The summed E-state index contributed by atoms with van der Waals surface area (Å²) < 4.78 is 12.3. The van der Waals surface area contributed by atoms with Gasteiger partial charge in [-0.2, -0.15) is 0 Å². The minimum atomic E-state index is -0.298. The first kappa shape index (κ1) is 17.6. The Labute approximate surface area is 152 Å². The minimum Gasteiger partial charge on any atom is -0.400 e. The highest BCUT2D eigenvalue weighted by atomic mass is 16.7. The maximum absolute atomic E-state index is 12.7. The highest BCUT2D eigenvalue weighted by molar-refractivity contribution is 6.54. The number of fused-ring (bicyclic) bond motifs is 2. The lowest BCUT2D eigenvalue weighted by atomic mass is 9.74. The number of hydrogen-bond acceptors (Lipinski definition) is 3. The maximum atomic E-state index is 12.7. The second-order valence-corrected chi connectivity index (χ2v) is 9.60. The summed E-state index contributed by atoms with van der Waals surface area (Å²) in [5, 5.41) is 0. The Morgan fingerprint density at radius 3 is 2.44 bits per heavy atom. The smallest absolute Gasteiger partial charge is 0.400 e. The van der Waals surface area contributed by atoms with Crippen molar-refractivity contribution >= 4 is 13.0 Å². The lowest BCUT2D eigenvalue weighted by molar-refractivity contribution is -0.132. The predicted molar refractivity (Wildman–Crippen MR) is 98.9 cm³/mol. The van der Waals surface area contributed by atoms with E-state index in [1.165, 1.54) is 31.2 Å². The van der Waals surface area contributed by atoms with Crippen LogP contribution >= 0.6 is 0 Å². The van der Waals surface area contributed by atoms with Crippen LogP contribution in [-0.2, 0) is 14.1 Å². The van der Waals surface area contributed by atoms with Crippen molar-refractivity contribution in [2.24, 2.45) is 17.8 Å². The van der Waals surface area contributed by atoms with Crippen LogP contribution in [0.25, 0.3) is 0 Å². The van der Waals surface area contributed by atoms with Crippen LogP contribution in [0.5, 0.6) is 0 Å². The van der Waals surface area contributed by atoms with Gasteiger partial charge in [0.15, 0.2) is 0 Å². The molecule has 4 aliphatic rings. The van der Waals surface area contributed by atoms with Crippen molar-refractivity contribution in [3.63, 3.8) is 0 Å². The summed E-state index contributed by atoms with van der Waals surface area (Å²) in [6.45, 7) is 9.85. The molecule has 1 saturated heterocycles. The van der Waals surface area contributed by atoms with Crippen molar-refractivity contribution in [1.82, 2.24) is 4.90 Å². The van der Waals surface area contributed by atoms with E-state index in [1.807, 2.05) is 4.90 Å². The lowest BCUT2D eigenvalue weighted by Gasteiger charge is -2.32. The molecule has 3 unspecified atom stereocenters. The van der Waals surface area contributed by atoms with E-state index >= 15 is 0 Å². The van der Waals surface area contributed by atoms with Crippen molar-refractivity contribution in [1.29, 1.82) is 0 Å².